The van der Waals surface area contributed by atoms with Crippen LogP contribution in [-0.4, -0.2) is 33.8 Å². The molecule has 0 fully saturated rings. The highest BCUT2D eigenvalue weighted by Crippen LogP contribution is 2.23. The lowest BCUT2D eigenvalue weighted by Crippen LogP contribution is -2.33. The Morgan fingerprint density at radius 2 is 1.80 bits per heavy atom. The largest absolute Gasteiger partial charge is 0.372 e. The number of benzene rings is 1. The third-order valence-corrected chi connectivity index (χ3v) is 5.14. The summed E-state index contributed by atoms with van der Waals surface area (Å²) >= 11 is 0. The summed E-state index contributed by atoms with van der Waals surface area (Å²) in [5.41, 5.74) is 3.91. The van der Waals surface area contributed by atoms with Crippen LogP contribution in [0.25, 0.3) is 11.3 Å². The summed E-state index contributed by atoms with van der Waals surface area (Å²) in [6.07, 6.45) is 3.32. The third kappa shape index (κ3) is 4.56. The van der Waals surface area contributed by atoms with Crippen LogP contribution < -0.4 is 15.8 Å². The standard InChI is InChI=1S/C23H27N5O2/c1-5-27(6-2)19-7-8-20(16(3)15-19)25-23(30)17(4)28-22(29)10-9-21(26-28)18-11-13-24-14-12-18/h7-15,17H,5-6H2,1-4H3,(H,25,30). The van der Waals surface area contributed by atoms with Crippen molar-refractivity contribution in [3.8, 4) is 11.3 Å². The number of carbonyl (C=O) groups excluding carboxylic acids is 1. The van der Waals surface area contributed by atoms with Crippen molar-refractivity contribution < 1.29 is 4.79 Å². The highest BCUT2D eigenvalue weighted by molar-refractivity contribution is 5.94. The molecule has 7 heteroatoms. The van der Waals surface area contributed by atoms with Gasteiger partial charge >= 0.3 is 0 Å². The number of hydrogen-bond acceptors (Lipinski definition) is 5. The number of aromatic nitrogens is 3. The summed E-state index contributed by atoms with van der Waals surface area (Å²) in [7, 11) is 0. The Bertz CT molecular complexity index is 1070. The predicted octanol–water partition coefficient (Wildman–Crippen LogP) is 3.66. The van der Waals surface area contributed by atoms with Crippen LogP contribution in [0.2, 0.25) is 0 Å². The topological polar surface area (TPSA) is 80.1 Å². The molecule has 0 aliphatic carbocycles. The first kappa shape index (κ1) is 21.2. The summed E-state index contributed by atoms with van der Waals surface area (Å²) in [5.74, 6) is -0.296. The molecule has 2 aromatic heterocycles. The van der Waals surface area contributed by atoms with E-state index in [2.05, 4.69) is 40.2 Å². The minimum Gasteiger partial charge on any atom is -0.372 e. The molecule has 3 rings (SSSR count). The van der Waals surface area contributed by atoms with E-state index in [0.29, 0.717) is 5.69 Å². The van der Waals surface area contributed by atoms with Crippen LogP contribution in [-0.2, 0) is 4.79 Å². The van der Waals surface area contributed by atoms with Crippen LogP contribution in [0.3, 0.4) is 0 Å². The zero-order valence-electron chi connectivity index (χ0n) is 17.8. The second kappa shape index (κ2) is 9.35. The number of rotatable bonds is 7. The van der Waals surface area contributed by atoms with Crippen molar-refractivity contribution in [1.82, 2.24) is 14.8 Å². The highest BCUT2D eigenvalue weighted by atomic mass is 16.2. The second-order valence-corrected chi connectivity index (χ2v) is 7.07. The fraction of sp³-hybridized carbons (Fsp3) is 0.304. The molecule has 0 radical (unpaired) electrons. The van der Waals surface area contributed by atoms with Gasteiger partial charge in [0, 0.05) is 48.5 Å². The zero-order chi connectivity index (χ0) is 21.7. The third-order valence-electron chi connectivity index (χ3n) is 5.14. The Hall–Kier alpha value is -3.48. The number of anilines is 2. The van der Waals surface area contributed by atoms with Gasteiger partial charge in [0.05, 0.1) is 5.69 Å². The number of pyridine rings is 1. The van der Waals surface area contributed by atoms with E-state index in [1.165, 1.54) is 10.7 Å². The monoisotopic (exact) mass is 405 g/mol. The molecule has 0 saturated carbocycles. The number of amides is 1. The lowest BCUT2D eigenvalue weighted by atomic mass is 10.1. The van der Waals surface area contributed by atoms with Gasteiger partial charge in [0.2, 0.25) is 5.91 Å². The molecule has 2 heterocycles. The zero-order valence-corrected chi connectivity index (χ0v) is 17.8. The van der Waals surface area contributed by atoms with E-state index in [1.54, 1.807) is 25.4 Å². The summed E-state index contributed by atoms with van der Waals surface area (Å²) in [6, 6.07) is 11.9. The van der Waals surface area contributed by atoms with E-state index in [-0.39, 0.29) is 11.5 Å². The maximum atomic E-state index is 12.9. The van der Waals surface area contributed by atoms with Crippen molar-refractivity contribution in [2.24, 2.45) is 0 Å². The summed E-state index contributed by atoms with van der Waals surface area (Å²) in [6.45, 7) is 9.69. The molecule has 0 bridgehead atoms. The van der Waals surface area contributed by atoms with Crippen molar-refractivity contribution >= 4 is 17.3 Å². The van der Waals surface area contributed by atoms with Gasteiger partial charge in [-0.2, -0.15) is 5.10 Å². The molecule has 1 N–H and O–H groups in total. The molecule has 1 amide bonds. The van der Waals surface area contributed by atoms with E-state index in [0.717, 1.165) is 35.6 Å². The first-order chi connectivity index (χ1) is 14.4. The van der Waals surface area contributed by atoms with Gasteiger partial charge in [-0.25, -0.2) is 4.68 Å². The summed E-state index contributed by atoms with van der Waals surface area (Å²) < 4.78 is 1.21. The van der Waals surface area contributed by atoms with Gasteiger partial charge < -0.3 is 10.2 Å². The van der Waals surface area contributed by atoms with Crippen molar-refractivity contribution in [3.05, 3.63) is 70.8 Å². The predicted molar refractivity (Wildman–Crippen MR) is 120 cm³/mol. The van der Waals surface area contributed by atoms with Gasteiger partial charge in [-0.3, -0.25) is 14.6 Å². The maximum absolute atomic E-state index is 12.9. The molecule has 0 saturated heterocycles. The number of aryl methyl sites for hydroxylation is 1. The molecule has 156 valence electrons. The number of carbonyl (C=O) groups is 1. The first-order valence-electron chi connectivity index (χ1n) is 10.1. The molecule has 1 atom stereocenters. The maximum Gasteiger partial charge on any atom is 0.267 e. The molecule has 0 spiro atoms. The summed E-state index contributed by atoms with van der Waals surface area (Å²) in [4.78, 5) is 31.5. The fourth-order valence-electron chi connectivity index (χ4n) is 3.30. The van der Waals surface area contributed by atoms with E-state index in [9.17, 15) is 9.59 Å². The van der Waals surface area contributed by atoms with Crippen LogP contribution >= 0.6 is 0 Å². The number of hydrogen-bond donors (Lipinski definition) is 1. The lowest BCUT2D eigenvalue weighted by molar-refractivity contribution is -0.119. The van der Waals surface area contributed by atoms with Crippen molar-refractivity contribution in [2.45, 2.75) is 33.7 Å². The van der Waals surface area contributed by atoms with E-state index in [4.69, 9.17) is 0 Å². The first-order valence-corrected chi connectivity index (χ1v) is 10.1. The summed E-state index contributed by atoms with van der Waals surface area (Å²) in [5, 5.41) is 7.33. The normalized spacial score (nSPS) is 11.7. The quantitative estimate of drug-likeness (QED) is 0.649. The van der Waals surface area contributed by atoms with Gasteiger partial charge in [-0.1, -0.05) is 0 Å². The molecular weight excluding hydrogens is 378 g/mol. The Kier molecular flexibility index (Phi) is 6.61. The van der Waals surface area contributed by atoms with Gasteiger partial charge in [0.25, 0.3) is 5.56 Å². The second-order valence-electron chi connectivity index (χ2n) is 7.07. The van der Waals surface area contributed by atoms with Crippen LogP contribution in [0, 0.1) is 6.92 Å². The Labute approximate surface area is 176 Å². The average Bonchev–Trinajstić information content (AvgIpc) is 2.76. The van der Waals surface area contributed by atoms with Crippen molar-refractivity contribution in [2.75, 3.05) is 23.3 Å². The molecule has 1 aromatic carbocycles. The van der Waals surface area contributed by atoms with Crippen LogP contribution in [0.4, 0.5) is 11.4 Å². The lowest BCUT2D eigenvalue weighted by Gasteiger charge is -2.22. The molecule has 1 unspecified atom stereocenters. The van der Waals surface area contributed by atoms with Crippen LogP contribution in [0.5, 0.6) is 0 Å². The molecule has 0 aliphatic heterocycles. The Morgan fingerprint density at radius 3 is 2.43 bits per heavy atom. The smallest absolute Gasteiger partial charge is 0.267 e. The Balaban J connectivity index is 1.82. The molecule has 30 heavy (non-hydrogen) atoms. The molecular formula is C23H27N5O2. The van der Waals surface area contributed by atoms with Crippen LogP contribution in [0.15, 0.2) is 59.7 Å². The minimum atomic E-state index is -0.763. The van der Waals surface area contributed by atoms with Crippen molar-refractivity contribution in [1.29, 1.82) is 0 Å². The molecule has 3 aromatic rings. The van der Waals surface area contributed by atoms with Gasteiger partial charge in [0.15, 0.2) is 0 Å². The van der Waals surface area contributed by atoms with E-state index in [1.807, 2.05) is 31.2 Å². The van der Waals surface area contributed by atoms with E-state index >= 15 is 0 Å². The highest BCUT2D eigenvalue weighted by Gasteiger charge is 2.19. The Morgan fingerprint density at radius 1 is 1.10 bits per heavy atom. The number of nitrogens with one attached hydrogen (secondary N) is 1. The van der Waals surface area contributed by atoms with Gasteiger partial charge in [-0.15, -0.1) is 0 Å². The molecule has 0 aliphatic rings. The fourth-order valence-corrected chi connectivity index (χ4v) is 3.30. The number of nitrogens with zero attached hydrogens (tertiary/aromatic N) is 4. The van der Waals surface area contributed by atoms with Gasteiger partial charge in [-0.05, 0) is 69.7 Å². The van der Waals surface area contributed by atoms with Gasteiger partial charge in [0.1, 0.15) is 6.04 Å². The molecule has 7 nitrogen and oxygen atoms in total. The van der Waals surface area contributed by atoms with E-state index < -0.39 is 6.04 Å². The average molecular weight is 406 g/mol. The SMILES string of the molecule is CCN(CC)c1ccc(NC(=O)C(C)n2nc(-c3ccncc3)ccc2=O)c(C)c1. The van der Waals surface area contributed by atoms with Crippen molar-refractivity contribution in [3.63, 3.8) is 0 Å². The van der Waals surface area contributed by atoms with Crippen LogP contribution in [0.1, 0.15) is 32.4 Å². The minimum absolute atomic E-state index is 0.296.